The molecule has 0 amide bonds. The molecule has 1 aromatic heterocycles. The molecular weight excluding hydrogens is 468 g/mol. The lowest BCUT2D eigenvalue weighted by Crippen LogP contribution is -2.16. The molecule has 33 heavy (non-hydrogen) atoms. The zero-order valence-corrected chi connectivity index (χ0v) is 19.6. The number of allylic oxidation sites excluding steroid dienone is 1. The second-order valence-corrected chi connectivity index (χ2v) is 9.82. The molecule has 0 saturated carbocycles. The van der Waals surface area contributed by atoms with E-state index in [0.29, 0.717) is 11.3 Å². The number of nitrogens with zero attached hydrogens (tertiary/aromatic N) is 3. The van der Waals surface area contributed by atoms with E-state index >= 15 is 0 Å². The second kappa shape index (κ2) is 9.55. The molecule has 3 aromatic rings. The Balaban J connectivity index is 2.18. The highest BCUT2D eigenvalue weighted by atomic mass is 35.5. The fourth-order valence-corrected chi connectivity index (χ4v) is 3.78. The van der Waals surface area contributed by atoms with Crippen LogP contribution in [-0.2, 0) is 14.6 Å². The van der Waals surface area contributed by atoms with E-state index in [2.05, 4.69) is 15.1 Å². The van der Waals surface area contributed by atoms with Gasteiger partial charge in [-0.25, -0.2) is 18.2 Å². The smallest absolute Gasteiger partial charge is 0.353 e. The van der Waals surface area contributed by atoms with Crippen LogP contribution in [-0.4, -0.2) is 41.6 Å². The molecule has 172 valence electrons. The number of hydrogen-bond acceptors (Lipinski definition) is 8. The van der Waals surface area contributed by atoms with Gasteiger partial charge in [0, 0.05) is 11.8 Å². The normalized spacial score (nSPS) is 13.2. The van der Waals surface area contributed by atoms with Crippen LogP contribution in [0.3, 0.4) is 0 Å². The summed E-state index contributed by atoms with van der Waals surface area (Å²) in [5.74, 6) is -1.44. The Bertz CT molecular complexity index is 1380. The largest absolute Gasteiger partial charge is 0.477 e. The Morgan fingerprint density at radius 2 is 1.88 bits per heavy atom. The van der Waals surface area contributed by atoms with Crippen molar-refractivity contribution in [2.75, 3.05) is 6.26 Å². The van der Waals surface area contributed by atoms with E-state index in [4.69, 9.17) is 21.9 Å². The van der Waals surface area contributed by atoms with Gasteiger partial charge in [-0.1, -0.05) is 60.9 Å². The summed E-state index contributed by atoms with van der Waals surface area (Å²) in [4.78, 5) is 20.3. The Hall–Kier alpha value is -3.50. The van der Waals surface area contributed by atoms with Crippen molar-refractivity contribution in [3.63, 3.8) is 0 Å². The third-order valence-corrected chi connectivity index (χ3v) is 6.11. The number of hydrogen-bond donors (Lipinski definition) is 2. The first-order valence-electron chi connectivity index (χ1n) is 9.70. The van der Waals surface area contributed by atoms with E-state index in [0.717, 1.165) is 11.8 Å². The fraction of sp³-hybridized carbons (Fsp3) is 0.182. The number of nitrogens with two attached hydrogens (primary N) is 1. The van der Waals surface area contributed by atoms with E-state index < -0.39 is 21.5 Å². The van der Waals surface area contributed by atoms with Gasteiger partial charge < -0.3 is 15.4 Å². The van der Waals surface area contributed by atoms with Crippen molar-refractivity contribution in [1.29, 1.82) is 0 Å². The lowest BCUT2D eigenvalue weighted by Gasteiger charge is -2.10. The number of carboxylic acids is 1. The predicted octanol–water partition coefficient (Wildman–Crippen LogP) is 3.88. The summed E-state index contributed by atoms with van der Waals surface area (Å²) in [6, 6.07) is 13.3. The van der Waals surface area contributed by atoms with Crippen molar-refractivity contribution in [3.8, 4) is 11.4 Å². The van der Waals surface area contributed by atoms with Gasteiger partial charge in [0.2, 0.25) is 5.82 Å². The van der Waals surface area contributed by atoms with Crippen LogP contribution in [0.5, 0.6) is 0 Å². The summed E-state index contributed by atoms with van der Waals surface area (Å²) in [6.07, 6.45) is 1.09. The maximum absolute atomic E-state index is 11.9. The van der Waals surface area contributed by atoms with E-state index in [1.165, 1.54) is 12.1 Å². The highest BCUT2D eigenvalue weighted by molar-refractivity contribution is 7.90. The molecule has 1 heterocycles. The van der Waals surface area contributed by atoms with Gasteiger partial charge >= 0.3 is 5.97 Å². The monoisotopic (exact) mass is 488 g/mol. The molecule has 0 atom stereocenters. The van der Waals surface area contributed by atoms with E-state index in [9.17, 15) is 18.3 Å². The van der Waals surface area contributed by atoms with Crippen molar-refractivity contribution in [1.82, 2.24) is 10.1 Å². The minimum absolute atomic E-state index is 0.0682. The van der Waals surface area contributed by atoms with E-state index in [1.807, 2.05) is 26.0 Å². The Morgan fingerprint density at radius 3 is 2.52 bits per heavy atom. The van der Waals surface area contributed by atoms with Crippen LogP contribution in [0.1, 0.15) is 31.2 Å². The number of rotatable bonds is 7. The Kier molecular flexibility index (Phi) is 6.99. The molecule has 2 aromatic carbocycles. The first kappa shape index (κ1) is 24.1. The summed E-state index contributed by atoms with van der Waals surface area (Å²) < 4.78 is 29.1. The zero-order chi connectivity index (χ0) is 24.3. The maximum Gasteiger partial charge on any atom is 0.353 e. The number of aliphatic carboxylic acids is 1. The summed E-state index contributed by atoms with van der Waals surface area (Å²) in [6.45, 7) is 3.97. The molecule has 3 N–H and O–H groups in total. The first-order valence-corrected chi connectivity index (χ1v) is 12.0. The van der Waals surface area contributed by atoms with E-state index in [-0.39, 0.29) is 33.3 Å². The summed E-state index contributed by atoms with van der Waals surface area (Å²) >= 11 is 6.28. The summed E-state index contributed by atoms with van der Waals surface area (Å²) in [5.41, 5.74) is 6.67. The Morgan fingerprint density at radius 1 is 1.18 bits per heavy atom. The van der Waals surface area contributed by atoms with Gasteiger partial charge in [-0.3, -0.25) is 0 Å². The number of carbonyl (C=O) groups is 1. The van der Waals surface area contributed by atoms with Crippen LogP contribution in [0.25, 0.3) is 11.4 Å². The van der Waals surface area contributed by atoms with Gasteiger partial charge in [-0.15, -0.1) is 0 Å². The van der Waals surface area contributed by atoms with Crippen LogP contribution < -0.4 is 5.73 Å². The zero-order valence-electron chi connectivity index (χ0n) is 18.0. The molecule has 0 aliphatic rings. The van der Waals surface area contributed by atoms with Gasteiger partial charge in [-0.2, -0.15) is 4.98 Å². The molecule has 0 radical (unpaired) electrons. The van der Waals surface area contributed by atoms with Crippen molar-refractivity contribution in [2.24, 2.45) is 10.7 Å². The molecule has 0 aliphatic carbocycles. The number of carboxylic acid groups (broad SMARTS) is 1. The molecule has 0 aliphatic heterocycles. The fourth-order valence-electron chi connectivity index (χ4n) is 2.91. The molecule has 3 rings (SSSR count). The standard InChI is InChI=1S/C22H21ClN4O5S/c1-12(2)15-9-4-5-10-16(15)25-19(17(23)18(24)22(28)29)21-26-20(27-32-21)13-7-6-8-14(11-13)33(3,30)31/h4-12H,24H2,1-3H3,(H,28,29). The summed E-state index contributed by atoms with van der Waals surface area (Å²) in [5, 5.41) is 12.8. The minimum Gasteiger partial charge on any atom is -0.477 e. The van der Waals surface area contributed by atoms with Crippen LogP contribution >= 0.6 is 11.6 Å². The number of benzene rings is 2. The van der Waals surface area contributed by atoms with Crippen LogP contribution in [0.15, 0.2) is 73.7 Å². The average Bonchev–Trinajstić information content (AvgIpc) is 3.26. The van der Waals surface area contributed by atoms with E-state index in [1.54, 1.807) is 24.3 Å². The maximum atomic E-state index is 11.9. The highest BCUT2D eigenvalue weighted by Gasteiger charge is 2.23. The first-order chi connectivity index (χ1) is 15.5. The lowest BCUT2D eigenvalue weighted by atomic mass is 10.0. The van der Waals surface area contributed by atoms with Gasteiger partial charge in [0.1, 0.15) is 16.4 Å². The van der Waals surface area contributed by atoms with Crippen molar-refractivity contribution >= 4 is 38.8 Å². The quantitative estimate of drug-likeness (QED) is 0.376. The van der Waals surface area contributed by atoms with Crippen molar-refractivity contribution in [3.05, 3.63) is 70.7 Å². The third kappa shape index (κ3) is 5.47. The molecule has 0 unspecified atom stereocenters. The number of sulfone groups is 1. The van der Waals surface area contributed by atoms with Gasteiger partial charge in [0.15, 0.2) is 9.84 Å². The molecular formula is C22H21ClN4O5S. The molecule has 11 heteroatoms. The van der Waals surface area contributed by atoms with Crippen LogP contribution in [0, 0.1) is 0 Å². The van der Waals surface area contributed by atoms with Crippen LogP contribution in [0.4, 0.5) is 5.69 Å². The second-order valence-electron chi connectivity index (χ2n) is 7.43. The summed E-state index contributed by atoms with van der Waals surface area (Å²) in [7, 11) is -3.45. The molecule has 0 fully saturated rings. The van der Waals surface area contributed by atoms with Gasteiger partial charge in [-0.05, 0) is 29.7 Å². The van der Waals surface area contributed by atoms with Gasteiger partial charge in [0.05, 0.1) is 10.6 Å². The molecule has 0 bridgehead atoms. The average molecular weight is 489 g/mol. The lowest BCUT2D eigenvalue weighted by molar-refractivity contribution is -0.132. The van der Waals surface area contributed by atoms with Crippen molar-refractivity contribution in [2.45, 2.75) is 24.7 Å². The Labute approximate surface area is 195 Å². The highest BCUT2D eigenvalue weighted by Crippen LogP contribution is 2.29. The minimum atomic E-state index is -3.45. The predicted molar refractivity (Wildman–Crippen MR) is 124 cm³/mol. The van der Waals surface area contributed by atoms with Crippen molar-refractivity contribution < 1.29 is 22.8 Å². The third-order valence-electron chi connectivity index (χ3n) is 4.61. The number of aliphatic imine (C=N–C) groups is 1. The number of aromatic nitrogens is 2. The SMILES string of the molecule is CC(C)c1ccccc1N=C(C(Cl)=C(N)C(=O)O)c1nc(-c2cccc(S(C)(=O)=O)c2)no1. The van der Waals surface area contributed by atoms with Crippen LogP contribution in [0.2, 0.25) is 0 Å². The number of para-hydroxylation sites is 1. The topological polar surface area (TPSA) is 149 Å². The number of halogens is 1. The molecule has 0 saturated heterocycles. The molecule has 9 nitrogen and oxygen atoms in total. The van der Waals surface area contributed by atoms with Gasteiger partial charge in [0.25, 0.3) is 5.89 Å². The molecule has 0 spiro atoms.